The molecule has 0 saturated heterocycles. The number of fused-ring (bicyclic) bond motifs is 4. The highest BCUT2D eigenvalue weighted by molar-refractivity contribution is 7.34. The second-order valence-electron chi connectivity index (χ2n) is 5.99. The molecule has 1 aliphatic heterocycles. The molecule has 0 aromatic heterocycles. The molecule has 0 nitrogen and oxygen atoms in total. The van der Waals surface area contributed by atoms with Crippen LogP contribution in [0.5, 0.6) is 0 Å². The topological polar surface area (TPSA) is 0 Å². The lowest BCUT2D eigenvalue weighted by molar-refractivity contribution is 1.37. The van der Waals surface area contributed by atoms with Crippen molar-refractivity contribution in [3.63, 3.8) is 0 Å². The van der Waals surface area contributed by atoms with E-state index in [1.807, 2.05) is 0 Å². The van der Waals surface area contributed by atoms with Crippen molar-refractivity contribution < 1.29 is 0 Å². The van der Waals surface area contributed by atoms with Gasteiger partial charge in [-0.1, -0.05) is 89.3 Å². The first-order chi connectivity index (χ1) is 9.04. The lowest BCUT2D eigenvalue weighted by Crippen LogP contribution is -2.54. The molecule has 19 heavy (non-hydrogen) atoms. The average Bonchev–Trinajstić information content (AvgIpc) is 2.38. The van der Waals surface area contributed by atoms with Gasteiger partial charge in [-0.25, -0.2) is 0 Å². The second kappa shape index (κ2) is 4.89. The highest BCUT2D eigenvalue weighted by Gasteiger charge is 2.26. The van der Waals surface area contributed by atoms with Gasteiger partial charge in [0.2, 0.25) is 0 Å². The van der Waals surface area contributed by atoms with E-state index in [2.05, 4.69) is 68.2 Å². The summed E-state index contributed by atoms with van der Waals surface area (Å²) >= 11 is 0. The predicted molar refractivity (Wildman–Crippen MR) is 90.3 cm³/mol. The minimum Gasteiger partial charge on any atom is -0.0675 e. The summed E-state index contributed by atoms with van der Waals surface area (Å²) in [6, 6.07) is 20.1. The SMILES string of the molecule is C[Si]1Cc2cccc(c2)[Si][Si](C)(C)c2cccc1c2. The van der Waals surface area contributed by atoms with Gasteiger partial charge in [-0.15, -0.1) is 0 Å². The van der Waals surface area contributed by atoms with Crippen LogP contribution in [0.2, 0.25) is 19.6 Å². The molecule has 1 aliphatic rings. The highest BCUT2D eigenvalue weighted by atomic mass is 29.2. The van der Waals surface area contributed by atoms with Crippen LogP contribution in [0.25, 0.3) is 0 Å². The average molecular weight is 296 g/mol. The zero-order valence-corrected chi connectivity index (χ0v) is 14.8. The predicted octanol–water partition coefficient (Wildman–Crippen LogP) is 1.56. The van der Waals surface area contributed by atoms with Crippen LogP contribution in [0.15, 0.2) is 48.5 Å². The number of rotatable bonds is 0. The molecule has 2 aromatic carbocycles. The van der Waals surface area contributed by atoms with Gasteiger partial charge in [-0.3, -0.25) is 0 Å². The van der Waals surface area contributed by atoms with E-state index in [0.717, 1.165) is 9.04 Å². The molecule has 0 spiro atoms. The van der Waals surface area contributed by atoms with Crippen LogP contribution >= 0.6 is 0 Å². The Bertz CT molecular complexity index is 604. The normalized spacial score (nSPS) is 18.1. The van der Waals surface area contributed by atoms with E-state index in [1.165, 1.54) is 6.04 Å². The fourth-order valence-electron chi connectivity index (χ4n) is 2.77. The fourth-order valence-corrected chi connectivity index (χ4v) is 10.6. The minimum absolute atomic E-state index is 0.449. The molecule has 0 N–H and O–H groups in total. The summed E-state index contributed by atoms with van der Waals surface area (Å²) in [4.78, 5) is 0. The van der Waals surface area contributed by atoms with Crippen molar-refractivity contribution in [3.05, 3.63) is 54.1 Å². The summed E-state index contributed by atoms with van der Waals surface area (Å²) in [5, 5.41) is 4.82. The van der Waals surface area contributed by atoms with Crippen LogP contribution in [0, 0.1) is 0 Å². The summed E-state index contributed by atoms with van der Waals surface area (Å²) in [7, 11) is -0.797. The molecule has 3 heteroatoms. The van der Waals surface area contributed by atoms with Crippen molar-refractivity contribution in [3.8, 4) is 0 Å². The third kappa shape index (κ3) is 2.68. The summed E-state index contributed by atoms with van der Waals surface area (Å²) in [6.07, 6.45) is 0. The molecule has 4 bridgehead atoms. The van der Waals surface area contributed by atoms with Crippen LogP contribution < -0.4 is 15.6 Å². The molecule has 0 fully saturated rings. The Hall–Kier alpha value is -0.909. The van der Waals surface area contributed by atoms with Crippen molar-refractivity contribution in [2.45, 2.75) is 25.7 Å². The summed E-state index contributed by atoms with van der Waals surface area (Å²) in [6.45, 7) is 7.48. The molecule has 3 radical (unpaired) electrons. The molecule has 3 rings (SSSR count). The maximum absolute atomic E-state index is 2.53. The van der Waals surface area contributed by atoms with Gasteiger partial charge in [0.15, 0.2) is 0 Å². The van der Waals surface area contributed by atoms with Crippen LogP contribution in [0.4, 0.5) is 0 Å². The first-order valence-corrected chi connectivity index (χ1v) is 14.1. The molecule has 0 atom stereocenters. The molecule has 0 unspecified atom stereocenters. The fraction of sp³-hybridized carbons (Fsp3) is 0.250. The van der Waals surface area contributed by atoms with Gasteiger partial charge in [-0.2, -0.15) is 0 Å². The van der Waals surface area contributed by atoms with E-state index in [0.29, 0.717) is 0 Å². The summed E-state index contributed by atoms with van der Waals surface area (Å²) < 4.78 is 0. The Kier molecular flexibility index (Phi) is 3.37. The monoisotopic (exact) mass is 295 g/mol. The number of benzene rings is 2. The van der Waals surface area contributed by atoms with Gasteiger partial charge in [0.05, 0.1) is 25.4 Å². The van der Waals surface area contributed by atoms with E-state index in [-0.39, 0.29) is 0 Å². The standard InChI is InChI=1S/C16H19Si3/c1-18-12-13-6-4-7-14(10-13)17-19(2,3)16-9-5-8-15(18)11-16/h4-11H,12H2,1-3H3. The van der Waals surface area contributed by atoms with Gasteiger partial charge in [0.1, 0.15) is 0 Å². The van der Waals surface area contributed by atoms with Gasteiger partial charge < -0.3 is 0 Å². The summed E-state index contributed by atoms with van der Waals surface area (Å²) in [5.74, 6) is 0. The Morgan fingerprint density at radius 3 is 2.68 bits per heavy atom. The van der Waals surface area contributed by atoms with Crippen molar-refractivity contribution in [2.75, 3.05) is 0 Å². The number of hydrogen-bond donors (Lipinski definition) is 0. The van der Waals surface area contributed by atoms with E-state index in [9.17, 15) is 0 Å². The lowest BCUT2D eigenvalue weighted by Gasteiger charge is -2.25. The zero-order valence-electron chi connectivity index (χ0n) is 11.8. The molecular weight excluding hydrogens is 276 g/mol. The van der Waals surface area contributed by atoms with E-state index in [4.69, 9.17) is 0 Å². The molecule has 95 valence electrons. The Balaban J connectivity index is 2.15. The van der Waals surface area contributed by atoms with Crippen molar-refractivity contribution >= 4 is 41.0 Å². The van der Waals surface area contributed by atoms with Crippen LogP contribution in [0.1, 0.15) is 5.56 Å². The summed E-state index contributed by atoms with van der Waals surface area (Å²) in [5.41, 5.74) is 1.54. The van der Waals surface area contributed by atoms with Crippen LogP contribution in [0.3, 0.4) is 0 Å². The molecule has 0 amide bonds. The van der Waals surface area contributed by atoms with Crippen molar-refractivity contribution in [1.29, 1.82) is 0 Å². The first kappa shape index (κ1) is 13.1. The molecule has 0 saturated carbocycles. The third-order valence-electron chi connectivity index (χ3n) is 3.93. The highest BCUT2D eigenvalue weighted by Crippen LogP contribution is 2.07. The molecule has 2 aromatic rings. The lowest BCUT2D eigenvalue weighted by atomic mass is 10.2. The Labute approximate surface area is 121 Å². The second-order valence-corrected chi connectivity index (χ2v) is 17.6. The molecule has 1 heterocycles. The van der Waals surface area contributed by atoms with Gasteiger partial charge in [-0.05, 0) is 6.04 Å². The van der Waals surface area contributed by atoms with Gasteiger partial charge >= 0.3 is 0 Å². The number of hydrogen-bond acceptors (Lipinski definition) is 0. The third-order valence-corrected chi connectivity index (χ3v) is 12.8. The van der Waals surface area contributed by atoms with Crippen molar-refractivity contribution in [2.24, 2.45) is 0 Å². The molecule has 0 aliphatic carbocycles. The first-order valence-electron chi connectivity index (χ1n) is 6.85. The quantitative estimate of drug-likeness (QED) is 0.647. The van der Waals surface area contributed by atoms with Gasteiger partial charge in [0.25, 0.3) is 0 Å². The maximum Gasteiger partial charge on any atom is 0.0869 e. The van der Waals surface area contributed by atoms with Crippen LogP contribution in [-0.2, 0) is 6.04 Å². The molecular formula is C16H19Si3. The Morgan fingerprint density at radius 2 is 1.84 bits per heavy atom. The minimum atomic E-state index is -1.33. The van der Waals surface area contributed by atoms with E-state index in [1.54, 1.807) is 21.1 Å². The van der Waals surface area contributed by atoms with Crippen LogP contribution in [-0.4, -0.2) is 25.4 Å². The Morgan fingerprint density at radius 1 is 1.05 bits per heavy atom. The van der Waals surface area contributed by atoms with E-state index < -0.39 is 16.4 Å². The van der Waals surface area contributed by atoms with E-state index >= 15 is 0 Å². The largest absolute Gasteiger partial charge is 0.0869 e. The van der Waals surface area contributed by atoms with Crippen molar-refractivity contribution in [1.82, 2.24) is 0 Å². The zero-order chi connectivity index (χ0) is 13.5. The smallest absolute Gasteiger partial charge is 0.0675 e. The maximum atomic E-state index is 2.53. The van der Waals surface area contributed by atoms with Gasteiger partial charge in [0, 0.05) is 0 Å².